The van der Waals surface area contributed by atoms with Crippen LogP contribution in [0.5, 0.6) is 0 Å². The fourth-order valence-corrected chi connectivity index (χ4v) is 3.60. The molecule has 30 heavy (non-hydrogen) atoms. The highest BCUT2D eigenvalue weighted by atomic mass is 19.4. The predicted octanol–water partition coefficient (Wildman–Crippen LogP) is 2.33. The number of hydrogen-bond acceptors (Lipinski definition) is 4. The van der Waals surface area contributed by atoms with E-state index in [2.05, 4.69) is 29.8 Å². The van der Waals surface area contributed by atoms with Crippen LogP contribution in [0.1, 0.15) is 49.0 Å². The molecule has 2 rings (SSSR count). The van der Waals surface area contributed by atoms with Gasteiger partial charge in [0.05, 0.1) is 12.1 Å². The third kappa shape index (κ3) is 7.28. The molecule has 0 bridgehead atoms. The summed E-state index contributed by atoms with van der Waals surface area (Å²) in [5.41, 5.74) is -1.09. The number of aliphatic hydroxyl groups is 1. The topological polar surface area (TPSA) is 90.5 Å². The molecule has 0 aliphatic heterocycles. The molecule has 1 saturated carbocycles. The van der Waals surface area contributed by atoms with Crippen molar-refractivity contribution in [2.45, 2.75) is 51.4 Å². The molecule has 0 spiro atoms. The smallest absolute Gasteiger partial charge is 0.396 e. The first-order valence-corrected chi connectivity index (χ1v) is 10.2. The van der Waals surface area contributed by atoms with Gasteiger partial charge in [-0.25, -0.2) is 0 Å². The van der Waals surface area contributed by atoms with Gasteiger partial charge >= 0.3 is 6.18 Å². The second kappa shape index (κ2) is 10.8. The number of carbonyl (C=O) groups excluding carboxylic acids is 2. The van der Waals surface area contributed by atoms with Crippen LogP contribution in [0.4, 0.5) is 13.2 Å². The van der Waals surface area contributed by atoms with Gasteiger partial charge in [-0.15, -0.1) is 0 Å². The van der Waals surface area contributed by atoms with Gasteiger partial charge in [-0.2, -0.15) is 13.2 Å². The maximum absolute atomic E-state index is 12.8. The van der Waals surface area contributed by atoms with Crippen LogP contribution in [0.2, 0.25) is 0 Å². The second-order valence-corrected chi connectivity index (χ2v) is 8.19. The first kappa shape index (κ1) is 24.1. The molecule has 0 unspecified atom stereocenters. The van der Waals surface area contributed by atoms with E-state index < -0.39 is 23.6 Å². The zero-order valence-electron chi connectivity index (χ0n) is 17.3. The van der Waals surface area contributed by atoms with Gasteiger partial charge in [0.25, 0.3) is 5.91 Å². The summed E-state index contributed by atoms with van der Waals surface area (Å²) in [7, 11) is 0. The minimum absolute atomic E-state index is 0.0542. The van der Waals surface area contributed by atoms with E-state index in [4.69, 9.17) is 0 Å². The zero-order chi connectivity index (χ0) is 22.3. The molecule has 0 heterocycles. The van der Waals surface area contributed by atoms with Crippen molar-refractivity contribution in [3.8, 4) is 0 Å². The van der Waals surface area contributed by atoms with E-state index in [9.17, 15) is 27.9 Å². The Balaban J connectivity index is 1.83. The highest BCUT2D eigenvalue weighted by Crippen LogP contribution is 2.29. The predicted molar refractivity (Wildman–Crippen MR) is 107 cm³/mol. The van der Waals surface area contributed by atoms with E-state index >= 15 is 0 Å². The minimum atomic E-state index is -4.55. The quantitative estimate of drug-likeness (QED) is 0.511. The van der Waals surface area contributed by atoms with Gasteiger partial charge in [-0.05, 0) is 49.9 Å². The summed E-state index contributed by atoms with van der Waals surface area (Å²) < 4.78 is 38.3. The molecule has 1 aromatic carbocycles. The second-order valence-electron chi connectivity index (χ2n) is 8.19. The molecule has 1 aromatic rings. The number of alkyl halides is 3. The van der Waals surface area contributed by atoms with Crippen molar-refractivity contribution in [1.82, 2.24) is 16.0 Å². The molecule has 6 nitrogen and oxygen atoms in total. The SMILES string of the molecule is CC(C)CN[C@@H]1CC[C@H](NC(=O)CNC(=O)c2cccc(C(F)(F)F)c2)[C@H](CO)C1. The normalized spacial score (nSPS) is 22.0. The number of nitrogens with one attached hydrogen (secondary N) is 3. The zero-order valence-corrected chi connectivity index (χ0v) is 17.3. The molecule has 2 amide bonds. The molecular formula is C21H30F3N3O3. The number of amides is 2. The van der Waals surface area contributed by atoms with Crippen molar-refractivity contribution in [1.29, 1.82) is 0 Å². The van der Waals surface area contributed by atoms with Gasteiger partial charge < -0.3 is 21.1 Å². The van der Waals surface area contributed by atoms with Gasteiger partial charge in [-0.1, -0.05) is 19.9 Å². The lowest BCUT2D eigenvalue weighted by atomic mass is 9.81. The van der Waals surface area contributed by atoms with E-state index in [0.717, 1.165) is 37.6 Å². The third-order valence-corrected chi connectivity index (χ3v) is 5.24. The molecule has 4 N–H and O–H groups in total. The number of halogens is 3. The van der Waals surface area contributed by atoms with E-state index in [1.54, 1.807) is 0 Å². The average Bonchev–Trinajstić information content (AvgIpc) is 2.70. The van der Waals surface area contributed by atoms with Crippen molar-refractivity contribution < 1.29 is 27.9 Å². The molecule has 1 aliphatic rings. The summed E-state index contributed by atoms with van der Waals surface area (Å²) >= 11 is 0. The summed E-state index contributed by atoms with van der Waals surface area (Å²) in [5.74, 6) is -0.758. The summed E-state index contributed by atoms with van der Waals surface area (Å²) in [6.45, 7) is 4.73. The van der Waals surface area contributed by atoms with Crippen molar-refractivity contribution in [2.24, 2.45) is 11.8 Å². The highest BCUT2D eigenvalue weighted by molar-refractivity contribution is 5.96. The number of carbonyl (C=O) groups is 2. The van der Waals surface area contributed by atoms with Gasteiger partial charge in [0, 0.05) is 30.2 Å². The summed E-state index contributed by atoms with van der Waals surface area (Å²) in [6, 6.07) is 4.12. The Bertz CT molecular complexity index is 725. The van der Waals surface area contributed by atoms with E-state index in [0.29, 0.717) is 18.4 Å². The Morgan fingerprint density at radius 3 is 2.60 bits per heavy atom. The average molecular weight is 429 g/mol. The van der Waals surface area contributed by atoms with Crippen molar-refractivity contribution in [3.05, 3.63) is 35.4 Å². The molecule has 1 fully saturated rings. The van der Waals surface area contributed by atoms with Crippen molar-refractivity contribution >= 4 is 11.8 Å². The fourth-order valence-electron chi connectivity index (χ4n) is 3.60. The van der Waals surface area contributed by atoms with Gasteiger partial charge in [0.2, 0.25) is 5.91 Å². The van der Waals surface area contributed by atoms with Crippen molar-refractivity contribution in [3.63, 3.8) is 0 Å². The molecular weight excluding hydrogens is 399 g/mol. The largest absolute Gasteiger partial charge is 0.416 e. The van der Waals surface area contributed by atoms with Gasteiger partial charge in [0.1, 0.15) is 0 Å². The Kier molecular flexibility index (Phi) is 8.66. The van der Waals surface area contributed by atoms with E-state index in [-0.39, 0.29) is 30.7 Å². The molecule has 0 radical (unpaired) electrons. The summed E-state index contributed by atoms with van der Waals surface area (Å²) in [4.78, 5) is 24.3. The van der Waals surface area contributed by atoms with Crippen LogP contribution >= 0.6 is 0 Å². The lowest BCUT2D eigenvalue weighted by molar-refractivity contribution is -0.137. The van der Waals surface area contributed by atoms with E-state index in [1.807, 2.05) is 0 Å². The Morgan fingerprint density at radius 1 is 1.23 bits per heavy atom. The molecule has 168 valence electrons. The van der Waals surface area contributed by atoms with Crippen LogP contribution in [0.15, 0.2) is 24.3 Å². The summed E-state index contributed by atoms with van der Waals surface area (Å²) in [5, 5.41) is 18.3. The lowest BCUT2D eigenvalue weighted by Gasteiger charge is -2.36. The van der Waals surface area contributed by atoms with Crippen LogP contribution in [-0.2, 0) is 11.0 Å². The molecule has 3 atom stereocenters. The van der Waals surface area contributed by atoms with E-state index in [1.165, 1.54) is 6.07 Å². The van der Waals surface area contributed by atoms with Crippen LogP contribution in [0, 0.1) is 11.8 Å². The van der Waals surface area contributed by atoms with Crippen LogP contribution in [0.25, 0.3) is 0 Å². The van der Waals surface area contributed by atoms with Crippen LogP contribution in [0.3, 0.4) is 0 Å². The molecule has 0 aromatic heterocycles. The van der Waals surface area contributed by atoms with Crippen molar-refractivity contribution in [2.75, 3.05) is 19.7 Å². The molecule has 0 saturated heterocycles. The number of benzene rings is 1. The monoisotopic (exact) mass is 429 g/mol. The maximum Gasteiger partial charge on any atom is 0.416 e. The standard InChI is InChI=1S/C21H30F3N3O3/c1-13(2)10-25-17-6-7-18(15(9-17)12-28)27-19(29)11-26-20(30)14-4-3-5-16(8-14)21(22,23)24/h3-5,8,13,15,17-18,25,28H,6-7,9-12H2,1-2H3,(H,26,30)(H,27,29)/t15-,17+,18-/m0/s1. The third-order valence-electron chi connectivity index (χ3n) is 5.24. The highest BCUT2D eigenvalue weighted by Gasteiger charge is 2.32. The number of rotatable bonds is 8. The minimum Gasteiger partial charge on any atom is -0.396 e. The van der Waals surface area contributed by atoms with Gasteiger partial charge in [-0.3, -0.25) is 9.59 Å². The maximum atomic E-state index is 12.8. The number of aliphatic hydroxyl groups excluding tert-OH is 1. The van der Waals surface area contributed by atoms with Gasteiger partial charge in [0.15, 0.2) is 0 Å². The fraction of sp³-hybridized carbons (Fsp3) is 0.619. The van der Waals surface area contributed by atoms with Crippen LogP contribution < -0.4 is 16.0 Å². The Hall–Kier alpha value is -2.13. The summed E-state index contributed by atoms with van der Waals surface area (Å²) in [6.07, 6.45) is -2.24. The van der Waals surface area contributed by atoms with Crippen LogP contribution in [-0.4, -0.2) is 48.7 Å². The Labute approximate surface area is 174 Å². The first-order valence-electron chi connectivity index (χ1n) is 10.2. The number of hydrogen-bond donors (Lipinski definition) is 4. The lowest BCUT2D eigenvalue weighted by Crippen LogP contribution is -2.51. The first-order chi connectivity index (χ1) is 14.1. The molecule has 1 aliphatic carbocycles. The molecule has 9 heteroatoms. The Morgan fingerprint density at radius 2 is 1.97 bits per heavy atom.